The molecule has 0 spiro atoms. The lowest BCUT2D eigenvalue weighted by Gasteiger charge is -2.08. The van der Waals surface area contributed by atoms with Gasteiger partial charge in [-0.2, -0.15) is 0 Å². The zero-order chi connectivity index (χ0) is 21.5. The predicted octanol–water partition coefficient (Wildman–Crippen LogP) is 3.70. The Morgan fingerprint density at radius 2 is 1.77 bits per heavy atom. The Kier molecular flexibility index (Phi) is 6.69. The minimum absolute atomic E-state index is 0.00737. The summed E-state index contributed by atoms with van der Waals surface area (Å²) in [7, 11) is 1.26. The fraction of sp³-hybridized carbons (Fsp3) is 0.227. The van der Waals surface area contributed by atoms with Crippen LogP contribution in [0.3, 0.4) is 0 Å². The van der Waals surface area contributed by atoms with E-state index in [-0.39, 0.29) is 28.8 Å². The molecule has 0 bridgehead atoms. The number of carbonyl (C=O) groups excluding carboxylic acids is 2. The van der Waals surface area contributed by atoms with Crippen LogP contribution in [-0.4, -0.2) is 32.3 Å². The molecule has 0 atom stereocenters. The Hall–Kier alpha value is -3.81. The number of methoxy groups -OCH3 is 1. The molecule has 0 amide bonds. The SMILES string of the molecule is CCCOC(=O)c1ccc(Oc2coc3cc(OCC(=O)OC)ccc3c2=O)cc1. The molecule has 1 heterocycles. The minimum atomic E-state index is -0.523. The van der Waals surface area contributed by atoms with Gasteiger partial charge in [0, 0.05) is 6.07 Å². The van der Waals surface area contributed by atoms with Crippen molar-refractivity contribution >= 4 is 22.9 Å². The molecule has 0 saturated carbocycles. The van der Waals surface area contributed by atoms with Crippen LogP contribution < -0.4 is 14.9 Å². The van der Waals surface area contributed by atoms with E-state index in [4.69, 9.17) is 18.6 Å². The number of ether oxygens (including phenoxy) is 4. The molecule has 30 heavy (non-hydrogen) atoms. The van der Waals surface area contributed by atoms with Crippen molar-refractivity contribution in [2.75, 3.05) is 20.3 Å². The number of fused-ring (bicyclic) bond motifs is 1. The van der Waals surface area contributed by atoms with Gasteiger partial charge >= 0.3 is 11.9 Å². The van der Waals surface area contributed by atoms with Crippen LogP contribution in [0.4, 0.5) is 0 Å². The second-order valence-electron chi connectivity index (χ2n) is 6.21. The van der Waals surface area contributed by atoms with Gasteiger partial charge in [0.15, 0.2) is 6.61 Å². The van der Waals surface area contributed by atoms with Gasteiger partial charge in [-0.1, -0.05) is 6.92 Å². The molecule has 0 aliphatic rings. The van der Waals surface area contributed by atoms with Crippen molar-refractivity contribution in [3.8, 4) is 17.2 Å². The maximum absolute atomic E-state index is 12.7. The van der Waals surface area contributed by atoms with Crippen LogP contribution in [-0.2, 0) is 14.3 Å². The van der Waals surface area contributed by atoms with Gasteiger partial charge in [0.25, 0.3) is 0 Å². The average Bonchev–Trinajstić information content (AvgIpc) is 2.78. The molecule has 3 aromatic rings. The summed E-state index contributed by atoms with van der Waals surface area (Å²) < 4.78 is 25.9. The molecular weight excluding hydrogens is 392 g/mol. The average molecular weight is 412 g/mol. The van der Waals surface area contributed by atoms with Gasteiger partial charge in [-0.25, -0.2) is 9.59 Å². The zero-order valence-corrected chi connectivity index (χ0v) is 16.5. The molecule has 0 N–H and O–H groups in total. The molecule has 0 saturated heterocycles. The van der Waals surface area contributed by atoms with Crippen molar-refractivity contribution in [3.63, 3.8) is 0 Å². The number of hydrogen-bond donors (Lipinski definition) is 0. The molecule has 3 rings (SSSR count). The van der Waals surface area contributed by atoms with Crippen molar-refractivity contribution in [2.24, 2.45) is 0 Å². The maximum Gasteiger partial charge on any atom is 0.343 e. The van der Waals surface area contributed by atoms with Gasteiger partial charge in [-0.15, -0.1) is 0 Å². The number of rotatable bonds is 8. The summed E-state index contributed by atoms with van der Waals surface area (Å²) in [6.07, 6.45) is 1.93. The summed E-state index contributed by atoms with van der Waals surface area (Å²) in [4.78, 5) is 35.7. The van der Waals surface area contributed by atoms with Crippen LogP contribution in [0.1, 0.15) is 23.7 Å². The third-order valence-corrected chi connectivity index (χ3v) is 4.05. The van der Waals surface area contributed by atoms with Gasteiger partial charge in [0.05, 0.1) is 24.7 Å². The third kappa shape index (κ3) is 4.96. The Morgan fingerprint density at radius 3 is 2.47 bits per heavy atom. The van der Waals surface area contributed by atoms with E-state index in [1.165, 1.54) is 25.5 Å². The molecule has 0 aliphatic heterocycles. The lowest BCUT2D eigenvalue weighted by Crippen LogP contribution is -2.12. The standard InChI is InChI=1S/C22H20O8/c1-3-10-27-22(25)14-4-6-15(7-5-14)30-19-12-29-18-11-16(28-13-20(23)26-2)8-9-17(18)21(19)24/h4-9,11-12H,3,10,13H2,1-2H3. The summed E-state index contributed by atoms with van der Waals surface area (Å²) >= 11 is 0. The number of carbonyl (C=O) groups is 2. The van der Waals surface area contributed by atoms with Crippen molar-refractivity contribution in [1.29, 1.82) is 0 Å². The summed E-state index contributed by atoms with van der Waals surface area (Å²) in [6, 6.07) is 10.8. The molecule has 0 aliphatic carbocycles. The Bertz CT molecular complexity index is 1100. The van der Waals surface area contributed by atoms with Crippen LogP contribution in [0.5, 0.6) is 17.2 Å². The zero-order valence-electron chi connectivity index (χ0n) is 16.5. The first kappa shape index (κ1) is 20.9. The number of hydrogen-bond acceptors (Lipinski definition) is 8. The van der Waals surface area contributed by atoms with E-state index in [9.17, 15) is 14.4 Å². The van der Waals surface area contributed by atoms with E-state index in [1.807, 2.05) is 6.92 Å². The molecular formula is C22H20O8. The molecule has 2 aromatic carbocycles. The highest BCUT2D eigenvalue weighted by molar-refractivity contribution is 5.89. The quantitative estimate of drug-likeness (QED) is 0.516. The second kappa shape index (κ2) is 9.60. The van der Waals surface area contributed by atoms with Crippen molar-refractivity contribution in [3.05, 3.63) is 64.5 Å². The Balaban J connectivity index is 1.75. The summed E-state index contributed by atoms with van der Waals surface area (Å²) in [5.41, 5.74) is 0.298. The highest BCUT2D eigenvalue weighted by atomic mass is 16.6. The molecule has 156 valence electrons. The largest absolute Gasteiger partial charge is 0.482 e. The molecule has 0 fully saturated rings. The van der Waals surface area contributed by atoms with E-state index in [1.54, 1.807) is 30.3 Å². The Morgan fingerprint density at radius 1 is 1.03 bits per heavy atom. The van der Waals surface area contributed by atoms with Crippen LogP contribution in [0.2, 0.25) is 0 Å². The van der Waals surface area contributed by atoms with E-state index < -0.39 is 11.9 Å². The van der Waals surface area contributed by atoms with Gasteiger partial charge in [0.2, 0.25) is 11.2 Å². The van der Waals surface area contributed by atoms with Crippen molar-refractivity contribution in [1.82, 2.24) is 0 Å². The van der Waals surface area contributed by atoms with E-state index in [0.717, 1.165) is 6.42 Å². The highest BCUT2D eigenvalue weighted by Crippen LogP contribution is 2.24. The second-order valence-corrected chi connectivity index (χ2v) is 6.21. The smallest absolute Gasteiger partial charge is 0.343 e. The fourth-order valence-corrected chi connectivity index (χ4v) is 2.52. The lowest BCUT2D eigenvalue weighted by molar-refractivity contribution is -0.142. The van der Waals surface area contributed by atoms with E-state index >= 15 is 0 Å². The van der Waals surface area contributed by atoms with Crippen LogP contribution in [0.15, 0.2) is 57.9 Å². The first-order valence-corrected chi connectivity index (χ1v) is 9.22. The maximum atomic E-state index is 12.7. The predicted molar refractivity (Wildman–Crippen MR) is 107 cm³/mol. The summed E-state index contributed by atoms with van der Waals surface area (Å²) in [5.74, 6) is -0.224. The van der Waals surface area contributed by atoms with Gasteiger partial charge < -0.3 is 23.4 Å². The van der Waals surface area contributed by atoms with Gasteiger partial charge in [-0.05, 0) is 42.8 Å². The molecule has 8 nitrogen and oxygen atoms in total. The van der Waals surface area contributed by atoms with Crippen LogP contribution >= 0.6 is 0 Å². The minimum Gasteiger partial charge on any atom is -0.482 e. The van der Waals surface area contributed by atoms with Crippen molar-refractivity contribution in [2.45, 2.75) is 13.3 Å². The number of esters is 2. The first-order valence-electron chi connectivity index (χ1n) is 9.22. The molecule has 8 heteroatoms. The topological polar surface area (TPSA) is 101 Å². The highest BCUT2D eigenvalue weighted by Gasteiger charge is 2.12. The third-order valence-electron chi connectivity index (χ3n) is 4.05. The normalized spacial score (nSPS) is 10.5. The molecule has 1 aromatic heterocycles. The monoisotopic (exact) mass is 412 g/mol. The number of benzene rings is 2. The summed E-state index contributed by atoms with van der Waals surface area (Å²) in [5, 5.41) is 0.290. The van der Waals surface area contributed by atoms with Crippen LogP contribution in [0.25, 0.3) is 11.0 Å². The van der Waals surface area contributed by atoms with Crippen molar-refractivity contribution < 1.29 is 33.0 Å². The van der Waals surface area contributed by atoms with Gasteiger partial charge in [-0.3, -0.25) is 4.79 Å². The van der Waals surface area contributed by atoms with E-state index in [0.29, 0.717) is 23.7 Å². The molecule has 0 unspecified atom stereocenters. The van der Waals surface area contributed by atoms with Gasteiger partial charge in [0.1, 0.15) is 23.3 Å². The fourth-order valence-electron chi connectivity index (χ4n) is 2.52. The Labute approximate surface area is 171 Å². The van der Waals surface area contributed by atoms with Crippen LogP contribution in [0, 0.1) is 0 Å². The summed E-state index contributed by atoms with van der Waals surface area (Å²) in [6.45, 7) is 2.01. The first-order chi connectivity index (χ1) is 14.5. The van der Waals surface area contributed by atoms with E-state index in [2.05, 4.69) is 4.74 Å². The molecule has 0 radical (unpaired) electrons. The lowest BCUT2D eigenvalue weighted by atomic mass is 10.2.